The molecular formula is C21H16O9. The van der Waals surface area contributed by atoms with E-state index in [4.69, 9.17) is 18.6 Å². The second-order valence-electron chi connectivity index (χ2n) is 6.16. The van der Waals surface area contributed by atoms with Gasteiger partial charge in [0.15, 0.2) is 17.3 Å². The molecule has 0 atom stereocenters. The summed E-state index contributed by atoms with van der Waals surface area (Å²) in [6.45, 7) is 3.22. The van der Waals surface area contributed by atoms with Gasteiger partial charge in [-0.05, 0) is 0 Å². The topological polar surface area (TPSA) is 129 Å². The van der Waals surface area contributed by atoms with Crippen LogP contribution in [0.2, 0.25) is 0 Å². The summed E-state index contributed by atoms with van der Waals surface area (Å²) in [4.78, 5) is 47.9. The van der Waals surface area contributed by atoms with Crippen molar-refractivity contribution in [2.45, 2.75) is 20.8 Å². The van der Waals surface area contributed by atoms with Crippen LogP contribution in [-0.2, 0) is 14.4 Å². The van der Waals surface area contributed by atoms with Crippen LogP contribution in [0.5, 0.6) is 23.0 Å². The van der Waals surface area contributed by atoms with Crippen LogP contribution in [0.4, 0.5) is 0 Å². The zero-order valence-corrected chi connectivity index (χ0v) is 16.2. The smallest absolute Gasteiger partial charge is 0.308 e. The zero-order valence-electron chi connectivity index (χ0n) is 16.2. The van der Waals surface area contributed by atoms with Crippen molar-refractivity contribution in [2.75, 3.05) is 0 Å². The summed E-state index contributed by atoms with van der Waals surface area (Å²) >= 11 is 0. The van der Waals surface area contributed by atoms with E-state index in [0.717, 1.165) is 26.8 Å². The number of rotatable bonds is 4. The first-order chi connectivity index (χ1) is 14.2. The molecule has 1 heterocycles. The van der Waals surface area contributed by atoms with Crippen molar-refractivity contribution in [2.24, 2.45) is 0 Å². The largest absolute Gasteiger partial charge is 0.504 e. The Morgan fingerprint density at radius 1 is 0.833 bits per heavy atom. The van der Waals surface area contributed by atoms with E-state index in [0.29, 0.717) is 5.56 Å². The molecule has 154 valence electrons. The molecule has 9 nitrogen and oxygen atoms in total. The second-order valence-corrected chi connectivity index (χ2v) is 6.16. The van der Waals surface area contributed by atoms with Crippen LogP contribution in [-0.4, -0.2) is 23.0 Å². The molecule has 0 saturated heterocycles. The highest BCUT2D eigenvalue weighted by atomic mass is 16.6. The molecule has 0 spiro atoms. The van der Waals surface area contributed by atoms with Gasteiger partial charge in [-0.2, -0.15) is 0 Å². The van der Waals surface area contributed by atoms with Gasteiger partial charge in [0.2, 0.25) is 16.9 Å². The van der Waals surface area contributed by atoms with Crippen molar-refractivity contribution in [3.05, 3.63) is 46.6 Å². The fourth-order valence-electron chi connectivity index (χ4n) is 2.77. The number of carbonyl (C=O) groups is 3. The van der Waals surface area contributed by atoms with Gasteiger partial charge in [0, 0.05) is 32.4 Å². The van der Waals surface area contributed by atoms with E-state index in [1.165, 1.54) is 0 Å². The van der Waals surface area contributed by atoms with E-state index < -0.39 is 46.3 Å². The van der Waals surface area contributed by atoms with E-state index in [1.54, 1.807) is 30.3 Å². The second kappa shape index (κ2) is 8.08. The Hall–Kier alpha value is -4.14. The number of benzene rings is 2. The number of aromatic hydroxyl groups is 1. The van der Waals surface area contributed by atoms with Crippen molar-refractivity contribution in [3.8, 4) is 34.3 Å². The Balaban J connectivity index is 2.46. The third kappa shape index (κ3) is 4.00. The number of fused-ring (bicyclic) bond motifs is 1. The predicted octanol–water partition coefficient (Wildman–Crippen LogP) is 2.94. The maximum atomic E-state index is 13.3. The number of phenols is 1. The normalized spacial score (nSPS) is 10.5. The first kappa shape index (κ1) is 20.6. The molecular weight excluding hydrogens is 396 g/mol. The zero-order chi connectivity index (χ0) is 22.0. The fourth-order valence-corrected chi connectivity index (χ4v) is 2.77. The molecule has 0 aliphatic heterocycles. The summed E-state index contributed by atoms with van der Waals surface area (Å²) in [6.07, 6.45) is 0. The number of hydrogen-bond acceptors (Lipinski definition) is 9. The van der Waals surface area contributed by atoms with Crippen LogP contribution in [0.3, 0.4) is 0 Å². The van der Waals surface area contributed by atoms with Crippen LogP contribution in [0.15, 0.2) is 45.6 Å². The number of phenolic OH excluding ortho intramolecular Hbond substituents is 1. The minimum atomic E-state index is -0.866. The van der Waals surface area contributed by atoms with Gasteiger partial charge in [0.1, 0.15) is 11.0 Å². The standard InChI is InChI=1S/C21H16O9/c1-10(22)27-19-14(25)9-15-16(20(19)28-11(2)23)17(26)21(29-12(3)24)18(30-15)13-7-5-4-6-8-13/h4-9,25H,1-3H3. The summed E-state index contributed by atoms with van der Waals surface area (Å²) in [7, 11) is 0. The van der Waals surface area contributed by atoms with Gasteiger partial charge in [-0.15, -0.1) is 0 Å². The quantitative estimate of drug-likeness (QED) is 0.508. The lowest BCUT2D eigenvalue weighted by molar-refractivity contribution is -0.134. The summed E-state index contributed by atoms with van der Waals surface area (Å²) in [5, 5.41) is 9.95. The van der Waals surface area contributed by atoms with Gasteiger partial charge in [0.05, 0.1) is 0 Å². The van der Waals surface area contributed by atoms with Gasteiger partial charge >= 0.3 is 17.9 Å². The fraction of sp³-hybridized carbons (Fsp3) is 0.143. The first-order valence-corrected chi connectivity index (χ1v) is 8.66. The van der Waals surface area contributed by atoms with E-state index in [9.17, 15) is 24.3 Å². The molecule has 3 aromatic rings. The number of carbonyl (C=O) groups excluding carboxylic acids is 3. The van der Waals surface area contributed by atoms with Gasteiger partial charge in [-0.25, -0.2) is 0 Å². The molecule has 1 aromatic heterocycles. The molecule has 0 bridgehead atoms. The summed E-state index contributed by atoms with van der Waals surface area (Å²) < 4.78 is 20.8. The Labute approximate surface area is 169 Å². The van der Waals surface area contributed by atoms with Crippen LogP contribution >= 0.6 is 0 Å². The van der Waals surface area contributed by atoms with Crippen molar-refractivity contribution in [1.82, 2.24) is 0 Å². The molecule has 0 aliphatic carbocycles. The van der Waals surface area contributed by atoms with E-state index >= 15 is 0 Å². The Morgan fingerprint density at radius 2 is 1.37 bits per heavy atom. The van der Waals surface area contributed by atoms with Crippen molar-refractivity contribution in [1.29, 1.82) is 0 Å². The van der Waals surface area contributed by atoms with E-state index in [-0.39, 0.29) is 16.7 Å². The van der Waals surface area contributed by atoms with Crippen molar-refractivity contribution < 1.29 is 38.1 Å². The lowest BCUT2D eigenvalue weighted by Crippen LogP contribution is -2.16. The minimum Gasteiger partial charge on any atom is -0.504 e. The maximum absolute atomic E-state index is 13.3. The van der Waals surface area contributed by atoms with Crippen molar-refractivity contribution >= 4 is 28.9 Å². The Kier molecular flexibility index (Phi) is 5.54. The highest BCUT2D eigenvalue weighted by Crippen LogP contribution is 2.44. The number of ether oxygens (including phenoxy) is 3. The molecule has 30 heavy (non-hydrogen) atoms. The Morgan fingerprint density at radius 3 is 1.93 bits per heavy atom. The summed E-state index contributed by atoms with van der Waals surface area (Å²) in [5.74, 6) is -4.67. The molecule has 0 saturated carbocycles. The molecule has 3 rings (SSSR count). The predicted molar refractivity (Wildman–Crippen MR) is 104 cm³/mol. The molecule has 0 radical (unpaired) electrons. The van der Waals surface area contributed by atoms with E-state index in [2.05, 4.69) is 0 Å². The SMILES string of the molecule is CC(=O)Oc1c(O)cc2oc(-c3ccccc3)c(OC(C)=O)c(=O)c2c1OC(C)=O. The monoisotopic (exact) mass is 412 g/mol. The first-order valence-electron chi connectivity index (χ1n) is 8.66. The van der Waals surface area contributed by atoms with Gasteiger partial charge in [0.25, 0.3) is 0 Å². The molecule has 0 amide bonds. The molecule has 0 unspecified atom stereocenters. The maximum Gasteiger partial charge on any atom is 0.308 e. The highest BCUT2D eigenvalue weighted by molar-refractivity contribution is 5.95. The average Bonchev–Trinajstić information content (AvgIpc) is 2.66. The Bertz CT molecular complexity index is 1220. The minimum absolute atomic E-state index is 0.0725. The van der Waals surface area contributed by atoms with Crippen LogP contribution in [0.1, 0.15) is 20.8 Å². The molecule has 2 aromatic carbocycles. The van der Waals surface area contributed by atoms with Crippen LogP contribution in [0.25, 0.3) is 22.3 Å². The average molecular weight is 412 g/mol. The van der Waals surface area contributed by atoms with Gasteiger partial charge in [-0.1, -0.05) is 30.3 Å². The number of hydrogen-bond donors (Lipinski definition) is 1. The van der Waals surface area contributed by atoms with Crippen LogP contribution in [0, 0.1) is 0 Å². The van der Waals surface area contributed by atoms with Gasteiger partial charge < -0.3 is 23.7 Å². The summed E-state index contributed by atoms with van der Waals surface area (Å²) in [6, 6.07) is 9.38. The lowest BCUT2D eigenvalue weighted by atomic mass is 10.1. The van der Waals surface area contributed by atoms with Crippen molar-refractivity contribution in [3.63, 3.8) is 0 Å². The third-order valence-electron chi connectivity index (χ3n) is 3.81. The van der Waals surface area contributed by atoms with E-state index in [1.807, 2.05) is 0 Å². The van der Waals surface area contributed by atoms with Gasteiger partial charge in [-0.3, -0.25) is 19.2 Å². The molecule has 9 heteroatoms. The van der Waals surface area contributed by atoms with Crippen LogP contribution < -0.4 is 19.6 Å². The third-order valence-corrected chi connectivity index (χ3v) is 3.81. The molecule has 0 aliphatic rings. The number of esters is 3. The molecule has 0 fully saturated rings. The lowest BCUT2D eigenvalue weighted by Gasteiger charge is -2.15. The summed E-state index contributed by atoms with van der Waals surface area (Å²) in [5.41, 5.74) is -0.625. The highest BCUT2D eigenvalue weighted by Gasteiger charge is 2.27. The molecule has 1 N–H and O–H groups in total.